The molecule has 21 heavy (non-hydrogen) atoms. The molecule has 0 radical (unpaired) electrons. The quantitative estimate of drug-likeness (QED) is 0.752. The Morgan fingerprint density at radius 1 is 1.24 bits per heavy atom. The van der Waals surface area contributed by atoms with E-state index in [1.165, 1.54) is 10.4 Å². The van der Waals surface area contributed by atoms with E-state index in [1.807, 2.05) is 6.92 Å². The Morgan fingerprint density at radius 2 is 1.95 bits per heavy atom. The molecule has 2 rings (SSSR count). The molecule has 0 N–H and O–H groups in total. The highest BCUT2D eigenvalue weighted by atomic mass is 32.2. The second-order valence-electron chi connectivity index (χ2n) is 5.22. The first-order valence-corrected chi connectivity index (χ1v) is 8.99. The summed E-state index contributed by atoms with van der Waals surface area (Å²) in [5.41, 5.74) is 0. The lowest BCUT2D eigenvalue weighted by Crippen LogP contribution is -2.49. The minimum Gasteiger partial charge on any atom is -0.352 e. The number of rotatable bonds is 6. The van der Waals surface area contributed by atoms with E-state index < -0.39 is 10.0 Å². The zero-order chi connectivity index (χ0) is 15.3. The molecule has 0 atom stereocenters. The summed E-state index contributed by atoms with van der Waals surface area (Å²) in [5.74, 6) is 0.149. The van der Waals surface area contributed by atoms with E-state index >= 15 is 0 Å². The summed E-state index contributed by atoms with van der Waals surface area (Å²) in [6.45, 7) is 3.78. The maximum atomic E-state index is 13.7. The first-order chi connectivity index (χ1) is 10.0. The zero-order valence-corrected chi connectivity index (χ0v) is 13.1. The molecule has 1 saturated heterocycles. The molecule has 0 amide bonds. The Hall–Kier alpha value is -1.21. The van der Waals surface area contributed by atoms with Crippen LogP contribution in [-0.4, -0.2) is 49.6 Å². The van der Waals surface area contributed by atoms with Crippen molar-refractivity contribution in [3.8, 4) is 0 Å². The SMILES string of the molecule is CCCCCS(=O)(=O)N1CCN(c2ncccc2F)CC1. The predicted molar refractivity (Wildman–Crippen MR) is 81.3 cm³/mol. The molecule has 0 spiro atoms. The molecular weight excluding hydrogens is 293 g/mol. The molecule has 1 fully saturated rings. The second-order valence-corrected chi connectivity index (χ2v) is 7.31. The molecular formula is C14H22FN3O2S. The van der Waals surface area contributed by atoms with Gasteiger partial charge >= 0.3 is 0 Å². The van der Waals surface area contributed by atoms with E-state index in [9.17, 15) is 12.8 Å². The van der Waals surface area contributed by atoms with Crippen LogP contribution in [0.2, 0.25) is 0 Å². The maximum Gasteiger partial charge on any atom is 0.214 e. The summed E-state index contributed by atoms with van der Waals surface area (Å²) in [4.78, 5) is 5.83. The molecule has 7 heteroatoms. The van der Waals surface area contributed by atoms with Crippen LogP contribution in [0.25, 0.3) is 0 Å². The van der Waals surface area contributed by atoms with Crippen molar-refractivity contribution in [3.05, 3.63) is 24.1 Å². The number of hydrogen-bond acceptors (Lipinski definition) is 4. The standard InChI is InChI=1S/C14H22FN3O2S/c1-2-3-4-12-21(19,20)18-10-8-17(9-11-18)14-13(15)6-5-7-16-14/h5-7H,2-4,8-12H2,1H3. The van der Waals surface area contributed by atoms with Crippen LogP contribution < -0.4 is 4.90 Å². The molecule has 0 aromatic carbocycles. The Bertz CT molecular complexity index is 557. The maximum absolute atomic E-state index is 13.7. The third kappa shape index (κ3) is 4.14. The molecule has 5 nitrogen and oxygen atoms in total. The van der Waals surface area contributed by atoms with Crippen molar-refractivity contribution in [1.82, 2.24) is 9.29 Å². The summed E-state index contributed by atoms with van der Waals surface area (Å²) in [5, 5.41) is 0. The van der Waals surface area contributed by atoms with Gasteiger partial charge in [0.1, 0.15) is 0 Å². The molecule has 0 bridgehead atoms. The second kappa shape index (κ2) is 7.17. The van der Waals surface area contributed by atoms with E-state index in [0.29, 0.717) is 38.4 Å². The Kier molecular flexibility index (Phi) is 5.52. The van der Waals surface area contributed by atoms with Gasteiger partial charge in [0.25, 0.3) is 0 Å². The van der Waals surface area contributed by atoms with Gasteiger partial charge in [0.2, 0.25) is 10.0 Å². The average Bonchev–Trinajstić information content (AvgIpc) is 2.48. The first kappa shape index (κ1) is 16.2. The highest BCUT2D eigenvalue weighted by molar-refractivity contribution is 7.89. The summed E-state index contributed by atoms with van der Waals surface area (Å²) in [6, 6.07) is 2.92. The van der Waals surface area contributed by atoms with Crippen molar-refractivity contribution in [2.24, 2.45) is 0 Å². The van der Waals surface area contributed by atoms with Gasteiger partial charge in [-0.25, -0.2) is 17.8 Å². The normalized spacial score (nSPS) is 17.1. The van der Waals surface area contributed by atoms with Crippen LogP contribution in [0.3, 0.4) is 0 Å². The van der Waals surface area contributed by atoms with Crippen LogP contribution in [0.4, 0.5) is 10.2 Å². The Labute approximate surface area is 125 Å². The van der Waals surface area contributed by atoms with Gasteiger partial charge in [0.15, 0.2) is 11.6 Å². The smallest absolute Gasteiger partial charge is 0.214 e. The number of hydrogen-bond donors (Lipinski definition) is 0. The monoisotopic (exact) mass is 315 g/mol. The third-order valence-electron chi connectivity index (χ3n) is 3.68. The van der Waals surface area contributed by atoms with Crippen molar-refractivity contribution in [1.29, 1.82) is 0 Å². The highest BCUT2D eigenvalue weighted by Gasteiger charge is 2.27. The lowest BCUT2D eigenvalue weighted by molar-refractivity contribution is 0.381. The number of anilines is 1. The van der Waals surface area contributed by atoms with Crippen LogP contribution in [0.5, 0.6) is 0 Å². The van der Waals surface area contributed by atoms with Crippen molar-refractivity contribution < 1.29 is 12.8 Å². The van der Waals surface area contributed by atoms with Crippen LogP contribution in [0.1, 0.15) is 26.2 Å². The van der Waals surface area contributed by atoms with E-state index in [4.69, 9.17) is 0 Å². The van der Waals surface area contributed by atoms with Crippen LogP contribution in [0, 0.1) is 5.82 Å². The number of pyridine rings is 1. The summed E-state index contributed by atoms with van der Waals surface area (Å²) < 4.78 is 39.6. The molecule has 2 heterocycles. The van der Waals surface area contributed by atoms with E-state index in [1.54, 1.807) is 17.2 Å². The molecule has 1 aliphatic rings. The number of halogens is 1. The van der Waals surface area contributed by atoms with Gasteiger partial charge in [-0.05, 0) is 18.6 Å². The number of unbranched alkanes of at least 4 members (excludes halogenated alkanes) is 2. The third-order valence-corrected chi connectivity index (χ3v) is 5.63. The fourth-order valence-electron chi connectivity index (χ4n) is 2.45. The Morgan fingerprint density at radius 3 is 2.57 bits per heavy atom. The average molecular weight is 315 g/mol. The topological polar surface area (TPSA) is 53.5 Å². The summed E-state index contributed by atoms with van der Waals surface area (Å²) >= 11 is 0. The first-order valence-electron chi connectivity index (χ1n) is 7.38. The lowest BCUT2D eigenvalue weighted by Gasteiger charge is -2.34. The minimum absolute atomic E-state index is 0.207. The van der Waals surface area contributed by atoms with Crippen molar-refractivity contribution in [2.45, 2.75) is 26.2 Å². The minimum atomic E-state index is -3.18. The van der Waals surface area contributed by atoms with Gasteiger partial charge in [0.05, 0.1) is 5.75 Å². The van der Waals surface area contributed by atoms with Crippen molar-refractivity contribution in [2.75, 3.05) is 36.8 Å². The van der Waals surface area contributed by atoms with Gasteiger partial charge in [-0.2, -0.15) is 4.31 Å². The van der Waals surface area contributed by atoms with Crippen molar-refractivity contribution >= 4 is 15.8 Å². The molecule has 1 aromatic heterocycles. The van der Waals surface area contributed by atoms with Crippen LogP contribution in [0.15, 0.2) is 18.3 Å². The summed E-state index contributed by atoms with van der Waals surface area (Å²) in [6.07, 6.45) is 4.18. The van der Waals surface area contributed by atoms with E-state index in [-0.39, 0.29) is 11.6 Å². The molecule has 0 unspecified atom stereocenters. The van der Waals surface area contributed by atoms with Gasteiger partial charge < -0.3 is 4.90 Å². The highest BCUT2D eigenvalue weighted by Crippen LogP contribution is 2.18. The predicted octanol–water partition coefficient (Wildman–Crippen LogP) is 1.86. The van der Waals surface area contributed by atoms with Gasteiger partial charge in [-0.1, -0.05) is 19.8 Å². The fourth-order valence-corrected chi connectivity index (χ4v) is 4.00. The molecule has 1 aromatic rings. The van der Waals surface area contributed by atoms with Crippen LogP contribution >= 0.6 is 0 Å². The van der Waals surface area contributed by atoms with Gasteiger partial charge in [0, 0.05) is 32.4 Å². The largest absolute Gasteiger partial charge is 0.352 e. The van der Waals surface area contributed by atoms with Gasteiger partial charge in [-0.3, -0.25) is 0 Å². The number of sulfonamides is 1. The molecule has 1 aliphatic heterocycles. The number of piperazine rings is 1. The van der Waals surface area contributed by atoms with Crippen LogP contribution in [-0.2, 0) is 10.0 Å². The zero-order valence-electron chi connectivity index (χ0n) is 12.3. The molecule has 118 valence electrons. The van der Waals surface area contributed by atoms with E-state index in [0.717, 1.165) is 12.8 Å². The Balaban J connectivity index is 1.93. The van der Waals surface area contributed by atoms with Gasteiger partial charge in [-0.15, -0.1) is 0 Å². The fraction of sp³-hybridized carbons (Fsp3) is 0.643. The summed E-state index contributed by atoms with van der Waals surface area (Å²) in [7, 11) is -3.18. The number of aromatic nitrogens is 1. The number of nitrogens with zero attached hydrogens (tertiary/aromatic N) is 3. The van der Waals surface area contributed by atoms with E-state index in [2.05, 4.69) is 4.98 Å². The molecule has 0 aliphatic carbocycles. The molecule has 0 saturated carbocycles. The lowest BCUT2D eigenvalue weighted by atomic mass is 10.3. The van der Waals surface area contributed by atoms with Crippen molar-refractivity contribution in [3.63, 3.8) is 0 Å².